The maximum Gasteiger partial charge on any atom is 0.118 e. The van der Waals surface area contributed by atoms with E-state index in [9.17, 15) is 5.11 Å². The number of ether oxygens (including phenoxy) is 1. The minimum Gasteiger partial charge on any atom is -0.497 e. The van der Waals surface area contributed by atoms with Gasteiger partial charge < -0.3 is 9.84 Å². The molecule has 0 fully saturated rings. The second kappa shape index (κ2) is 6.67. The van der Waals surface area contributed by atoms with Gasteiger partial charge in [0.25, 0.3) is 0 Å². The summed E-state index contributed by atoms with van der Waals surface area (Å²) < 4.78 is 7.12. The lowest BCUT2D eigenvalue weighted by Crippen LogP contribution is -2.05. The van der Waals surface area contributed by atoms with Crippen molar-refractivity contribution in [1.29, 1.82) is 0 Å². The van der Waals surface area contributed by atoms with Crippen LogP contribution in [0.2, 0.25) is 0 Å². The number of aromatic nitrogens is 2. The number of benzene rings is 2. The molecule has 1 N–H and O–H groups in total. The fraction of sp³-hybridized carbons (Fsp3) is 0.211. The van der Waals surface area contributed by atoms with E-state index in [1.807, 2.05) is 59.3 Å². The van der Waals surface area contributed by atoms with Gasteiger partial charge in [0.15, 0.2) is 0 Å². The minimum atomic E-state index is -0.560. The maximum atomic E-state index is 10.0. The molecule has 0 saturated carbocycles. The van der Waals surface area contributed by atoms with Crippen molar-refractivity contribution in [3.63, 3.8) is 0 Å². The first-order valence-corrected chi connectivity index (χ1v) is 7.61. The van der Waals surface area contributed by atoms with Gasteiger partial charge in [-0.2, -0.15) is 5.10 Å². The van der Waals surface area contributed by atoms with Crippen LogP contribution < -0.4 is 4.74 Å². The Morgan fingerprint density at radius 1 is 1.09 bits per heavy atom. The molecule has 0 spiro atoms. The topological polar surface area (TPSA) is 47.3 Å². The molecule has 1 unspecified atom stereocenters. The van der Waals surface area contributed by atoms with E-state index in [4.69, 9.17) is 4.74 Å². The Hall–Kier alpha value is -2.59. The number of hydrogen-bond acceptors (Lipinski definition) is 3. The second-order valence-corrected chi connectivity index (χ2v) is 5.50. The molecule has 0 aliphatic carbocycles. The molecule has 1 atom stereocenters. The molecule has 4 heteroatoms. The molecular formula is C19H20N2O2. The highest BCUT2D eigenvalue weighted by molar-refractivity contribution is 5.63. The molecule has 1 aromatic heterocycles. The lowest BCUT2D eigenvalue weighted by atomic mass is 10.0. The quantitative estimate of drug-likeness (QED) is 0.782. The molecule has 118 valence electrons. The average molecular weight is 308 g/mol. The van der Waals surface area contributed by atoms with E-state index in [0.717, 1.165) is 28.1 Å². The van der Waals surface area contributed by atoms with Crippen LogP contribution in [0.4, 0.5) is 0 Å². The van der Waals surface area contributed by atoms with Crippen LogP contribution in [-0.2, 0) is 6.54 Å². The average Bonchev–Trinajstić information content (AvgIpc) is 3.00. The fourth-order valence-corrected chi connectivity index (χ4v) is 2.64. The van der Waals surface area contributed by atoms with Gasteiger partial charge >= 0.3 is 0 Å². The van der Waals surface area contributed by atoms with Gasteiger partial charge in [-0.15, -0.1) is 0 Å². The van der Waals surface area contributed by atoms with E-state index in [-0.39, 0.29) is 0 Å². The number of aliphatic hydroxyl groups excluding tert-OH is 1. The van der Waals surface area contributed by atoms with Crippen molar-refractivity contribution in [2.45, 2.75) is 19.6 Å². The molecule has 0 aliphatic rings. The largest absolute Gasteiger partial charge is 0.497 e. The Labute approximate surface area is 136 Å². The molecule has 0 amide bonds. The number of rotatable bonds is 5. The first kappa shape index (κ1) is 15.3. The summed E-state index contributed by atoms with van der Waals surface area (Å²) in [5.74, 6) is 0.835. The van der Waals surface area contributed by atoms with Crippen LogP contribution in [0, 0.1) is 0 Å². The fourth-order valence-electron chi connectivity index (χ4n) is 2.64. The third-order valence-electron chi connectivity index (χ3n) is 3.86. The molecule has 4 nitrogen and oxygen atoms in total. The van der Waals surface area contributed by atoms with E-state index >= 15 is 0 Å². The highest BCUT2D eigenvalue weighted by Crippen LogP contribution is 2.28. The van der Waals surface area contributed by atoms with Crippen molar-refractivity contribution < 1.29 is 9.84 Å². The van der Waals surface area contributed by atoms with E-state index < -0.39 is 6.10 Å². The summed E-state index contributed by atoms with van der Waals surface area (Å²) >= 11 is 0. The van der Waals surface area contributed by atoms with E-state index in [2.05, 4.69) is 5.10 Å². The summed E-state index contributed by atoms with van der Waals surface area (Å²) in [5.41, 5.74) is 3.97. The Balaban J connectivity index is 1.98. The monoisotopic (exact) mass is 308 g/mol. The van der Waals surface area contributed by atoms with Gasteiger partial charge in [0, 0.05) is 11.1 Å². The predicted molar refractivity (Wildman–Crippen MR) is 90.4 cm³/mol. The summed E-state index contributed by atoms with van der Waals surface area (Å²) in [7, 11) is 1.66. The molecule has 2 aromatic carbocycles. The predicted octanol–water partition coefficient (Wildman–Crippen LogP) is 3.66. The number of aliphatic hydroxyl groups is 1. The zero-order valence-corrected chi connectivity index (χ0v) is 13.3. The highest BCUT2D eigenvalue weighted by Gasteiger charge is 2.16. The van der Waals surface area contributed by atoms with Crippen LogP contribution in [0.15, 0.2) is 60.8 Å². The summed E-state index contributed by atoms with van der Waals surface area (Å²) in [6, 6.07) is 18.0. The Bertz CT molecular complexity index is 762. The molecule has 3 aromatic rings. The Kier molecular flexibility index (Phi) is 4.44. The molecule has 0 bridgehead atoms. The first-order chi connectivity index (χ1) is 11.2. The maximum absolute atomic E-state index is 10.0. The Morgan fingerprint density at radius 3 is 2.39 bits per heavy atom. The van der Waals surface area contributed by atoms with Crippen molar-refractivity contribution in [3.8, 4) is 17.0 Å². The SMILES string of the molecule is COc1ccc(Cn2ncc(C(C)O)c2-c2ccccc2)cc1. The zero-order chi connectivity index (χ0) is 16.2. The molecule has 1 heterocycles. The summed E-state index contributed by atoms with van der Waals surface area (Å²) in [6.07, 6.45) is 1.19. The smallest absolute Gasteiger partial charge is 0.118 e. The van der Waals surface area contributed by atoms with Crippen molar-refractivity contribution in [3.05, 3.63) is 71.9 Å². The lowest BCUT2D eigenvalue weighted by Gasteiger charge is -2.12. The molecule has 0 aliphatic heterocycles. The lowest BCUT2D eigenvalue weighted by molar-refractivity contribution is 0.200. The summed E-state index contributed by atoms with van der Waals surface area (Å²) in [5, 5.41) is 14.5. The van der Waals surface area contributed by atoms with E-state index in [0.29, 0.717) is 6.54 Å². The van der Waals surface area contributed by atoms with Crippen molar-refractivity contribution in [2.75, 3.05) is 7.11 Å². The van der Waals surface area contributed by atoms with Crippen LogP contribution in [0.25, 0.3) is 11.3 Å². The number of nitrogens with zero attached hydrogens (tertiary/aromatic N) is 2. The first-order valence-electron chi connectivity index (χ1n) is 7.61. The Morgan fingerprint density at radius 2 is 1.78 bits per heavy atom. The van der Waals surface area contributed by atoms with Crippen LogP contribution in [-0.4, -0.2) is 22.0 Å². The highest BCUT2D eigenvalue weighted by atomic mass is 16.5. The molecule has 23 heavy (non-hydrogen) atoms. The van der Waals surface area contributed by atoms with Crippen molar-refractivity contribution in [2.24, 2.45) is 0 Å². The van der Waals surface area contributed by atoms with Crippen LogP contribution in [0.5, 0.6) is 5.75 Å². The van der Waals surface area contributed by atoms with Gasteiger partial charge in [-0.05, 0) is 24.6 Å². The standard InChI is InChI=1S/C19H20N2O2/c1-14(22)18-12-20-21(19(18)16-6-4-3-5-7-16)13-15-8-10-17(23-2)11-9-15/h3-12,14,22H,13H2,1-2H3. The van der Waals surface area contributed by atoms with E-state index in [1.54, 1.807) is 20.2 Å². The zero-order valence-electron chi connectivity index (χ0n) is 13.3. The van der Waals surface area contributed by atoms with Crippen LogP contribution >= 0.6 is 0 Å². The molecular weight excluding hydrogens is 288 g/mol. The normalized spacial score (nSPS) is 12.1. The number of hydrogen-bond donors (Lipinski definition) is 1. The van der Waals surface area contributed by atoms with Crippen molar-refractivity contribution in [1.82, 2.24) is 9.78 Å². The van der Waals surface area contributed by atoms with Gasteiger partial charge in [-0.3, -0.25) is 4.68 Å². The van der Waals surface area contributed by atoms with Gasteiger partial charge in [0.05, 0.1) is 31.6 Å². The van der Waals surface area contributed by atoms with Gasteiger partial charge in [-0.1, -0.05) is 42.5 Å². The second-order valence-electron chi connectivity index (χ2n) is 5.50. The minimum absolute atomic E-state index is 0.560. The third-order valence-corrected chi connectivity index (χ3v) is 3.86. The molecule has 3 rings (SSSR count). The van der Waals surface area contributed by atoms with Gasteiger partial charge in [-0.25, -0.2) is 0 Å². The molecule has 0 saturated heterocycles. The van der Waals surface area contributed by atoms with Crippen LogP contribution in [0.1, 0.15) is 24.2 Å². The van der Waals surface area contributed by atoms with Gasteiger partial charge in [0.2, 0.25) is 0 Å². The number of methoxy groups -OCH3 is 1. The van der Waals surface area contributed by atoms with Crippen LogP contribution in [0.3, 0.4) is 0 Å². The third kappa shape index (κ3) is 3.27. The van der Waals surface area contributed by atoms with E-state index in [1.165, 1.54) is 0 Å². The van der Waals surface area contributed by atoms with Gasteiger partial charge in [0.1, 0.15) is 5.75 Å². The summed E-state index contributed by atoms with van der Waals surface area (Å²) in [4.78, 5) is 0. The summed E-state index contributed by atoms with van der Waals surface area (Å²) in [6.45, 7) is 2.40. The molecule has 0 radical (unpaired) electrons. The van der Waals surface area contributed by atoms with Crippen molar-refractivity contribution >= 4 is 0 Å².